The fourth-order valence-electron chi connectivity index (χ4n) is 8.61. The van der Waals surface area contributed by atoms with Gasteiger partial charge in [0.15, 0.2) is 0 Å². The summed E-state index contributed by atoms with van der Waals surface area (Å²) in [6.07, 6.45) is 0. The lowest BCUT2D eigenvalue weighted by molar-refractivity contribution is 1.28. The van der Waals surface area contributed by atoms with Gasteiger partial charge in [0.1, 0.15) is 0 Å². The number of hydrogen-bond donors (Lipinski definition) is 0. The van der Waals surface area contributed by atoms with Crippen LogP contribution in [0.1, 0.15) is 11.1 Å². The molecule has 0 N–H and O–H groups in total. The van der Waals surface area contributed by atoms with E-state index >= 15 is 0 Å². The van der Waals surface area contributed by atoms with Crippen LogP contribution in [-0.4, -0.2) is 0 Å². The van der Waals surface area contributed by atoms with Crippen LogP contribution in [0.15, 0.2) is 206 Å². The number of rotatable bonds is 7. The molecule has 56 heavy (non-hydrogen) atoms. The highest BCUT2D eigenvalue weighted by molar-refractivity contribution is 6.06. The molecule has 0 spiro atoms. The smallest absolute Gasteiger partial charge is 0.0540 e. The first-order valence-electron chi connectivity index (χ1n) is 19.4. The largest absolute Gasteiger partial charge is 0.309 e. The summed E-state index contributed by atoms with van der Waals surface area (Å²) in [7, 11) is 0. The van der Waals surface area contributed by atoms with E-state index in [4.69, 9.17) is 0 Å². The third kappa shape index (κ3) is 5.75. The molecule has 10 aromatic rings. The average Bonchev–Trinajstić information content (AvgIpc) is 3.25. The van der Waals surface area contributed by atoms with Gasteiger partial charge in [0, 0.05) is 32.9 Å². The standard InChI is InChI=1S/C54H40N2/c1-37-35-43(55(51-27-11-19-39-15-3-7-23-47(39)51)52-28-12-20-40-16-4-8-24-48(40)52)31-33-45(37)46-34-32-44(36-38(46)2)56(53-29-13-21-41-17-5-9-25-49(41)53)54-30-14-22-42-18-6-10-26-50(42)54/h3-36H,1-2H3. The van der Waals surface area contributed by atoms with Crippen LogP contribution in [0.5, 0.6) is 0 Å². The van der Waals surface area contributed by atoms with Crippen molar-refractivity contribution in [3.05, 3.63) is 217 Å². The average molecular weight is 717 g/mol. The molecule has 0 aliphatic heterocycles. The Labute approximate surface area is 328 Å². The number of fused-ring (bicyclic) bond motifs is 4. The van der Waals surface area contributed by atoms with Gasteiger partial charge in [-0.25, -0.2) is 0 Å². The maximum absolute atomic E-state index is 2.43. The lowest BCUT2D eigenvalue weighted by Gasteiger charge is -2.29. The van der Waals surface area contributed by atoms with Crippen LogP contribution >= 0.6 is 0 Å². The molecule has 0 heterocycles. The summed E-state index contributed by atoms with van der Waals surface area (Å²) in [6, 6.07) is 75.0. The van der Waals surface area contributed by atoms with E-state index in [1.165, 1.54) is 65.3 Å². The highest BCUT2D eigenvalue weighted by atomic mass is 15.2. The van der Waals surface area contributed by atoms with Gasteiger partial charge >= 0.3 is 0 Å². The molecular formula is C54H40N2. The molecule has 0 amide bonds. The minimum absolute atomic E-state index is 1.13. The Balaban J connectivity index is 1.11. The second-order valence-electron chi connectivity index (χ2n) is 14.7. The molecule has 2 heteroatoms. The molecule has 0 bridgehead atoms. The first-order chi connectivity index (χ1) is 27.6. The van der Waals surface area contributed by atoms with Crippen LogP contribution in [-0.2, 0) is 0 Å². The number of anilines is 6. The van der Waals surface area contributed by atoms with Crippen LogP contribution in [0.4, 0.5) is 34.1 Å². The van der Waals surface area contributed by atoms with Gasteiger partial charge in [0.05, 0.1) is 22.7 Å². The maximum Gasteiger partial charge on any atom is 0.0540 e. The van der Waals surface area contributed by atoms with Gasteiger partial charge in [-0.1, -0.05) is 158 Å². The van der Waals surface area contributed by atoms with Crippen LogP contribution in [0, 0.1) is 13.8 Å². The van der Waals surface area contributed by atoms with E-state index in [2.05, 4.69) is 230 Å². The Morgan fingerprint density at radius 2 is 0.536 bits per heavy atom. The summed E-state index contributed by atoms with van der Waals surface area (Å²) >= 11 is 0. The number of hydrogen-bond acceptors (Lipinski definition) is 2. The van der Waals surface area contributed by atoms with Crippen molar-refractivity contribution in [2.75, 3.05) is 9.80 Å². The molecule has 0 saturated carbocycles. The Bertz CT molecular complexity index is 2700. The Kier molecular flexibility index (Phi) is 8.30. The number of aryl methyl sites for hydroxylation is 2. The zero-order valence-corrected chi connectivity index (χ0v) is 31.5. The van der Waals surface area contributed by atoms with Gasteiger partial charge in [0.25, 0.3) is 0 Å². The Morgan fingerprint density at radius 1 is 0.268 bits per heavy atom. The first kappa shape index (κ1) is 33.4. The minimum atomic E-state index is 1.13. The van der Waals surface area contributed by atoms with Crippen molar-refractivity contribution >= 4 is 77.2 Å². The van der Waals surface area contributed by atoms with E-state index in [1.807, 2.05) is 0 Å². The predicted molar refractivity (Wildman–Crippen MR) is 241 cm³/mol. The van der Waals surface area contributed by atoms with Gasteiger partial charge in [-0.3, -0.25) is 0 Å². The summed E-state index contributed by atoms with van der Waals surface area (Å²) < 4.78 is 0. The van der Waals surface area contributed by atoms with E-state index in [-0.39, 0.29) is 0 Å². The highest BCUT2D eigenvalue weighted by Crippen LogP contribution is 2.45. The lowest BCUT2D eigenvalue weighted by Crippen LogP contribution is -2.12. The van der Waals surface area contributed by atoms with Gasteiger partial charge in [0.2, 0.25) is 0 Å². The summed E-state index contributed by atoms with van der Waals surface area (Å²) in [5, 5.41) is 9.77. The zero-order chi connectivity index (χ0) is 37.6. The van der Waals surface area contributed by atoms with Crippen molar-refractivity contribution in [1.29, 1.82) is 0 Å². The molecular weight excluding hydrogens is 677 g/mol. The van der Waals surface area contributed by atoms with Crippen LogP contribution in [0.2, 0.25) is 0 Å². The molecule has 10 rings (SSSR count). The van der Waals surface area contributed by atoms with Gasteiger partial charge in [-0.15, -0.1) is 0 Å². The van der Waals surface area contributed by atoms with Crippen molar-refractivity contribution in [2.24, 2.45) is 0 Å². The molecule has 0 radical (unpaired) electrons. The van der Waals surface area contributed by atoms with E-state index < -0.39 is 0 Å². The molecule has 0 unspecified atom stereocenters. The first-order valence-corrected chi connectivity index (χ1v) is 19.4. The summed E-state index contributed by atoms with van der Waals surface area (Å²) in [5.41, 5.74) is 11.8. The van der Waals surface area contributed by atoms with Crippen molar-refractivity contribution in [3.8, 4) is 11.1 Å². The van der Waals surface area contributed by atoms with E-state index in [0.29, 0.717) is 0 Å². The quantitative estimate of drug-likeness (QED) is 0.162. The third-order valence-electron chi connectivity index (χ3n) is 11.3. The van der Waals surface area contributed by atoms with E-state index in [0.717, 1.165) is 34.1 Å². The molecule has 2 nitrogen and oxygen atoms in total. The fourth-order valence-corrected chi connectivity index (χ4v) is 8.61. The van der Waals surface area contributed by atoms with Crippen molar-refractivity contribution in [2.45, 2.75) is 13.8 Å². The van der Waals surface area contributed by atoms with Gasteiger partial charge in [-0.2, -0.15) is 0 Å². The van der Waals surface area contributed by atoms with Gasteiger partial charge < -0.3 is 9.80 Å². The van der Waals surface area contributed by atoms with Crippen LogP contribution < -0.4 is 9.80 Å². The second kappa shape index (κ2) is 13.9. The topological polar surface area (TPSA) is 6.48 Å². The molecule has 0 fully saturated rings. The van der Waals surface area contributed by atoms with Crippen LogP contribution in [0.3, 0.4) is 0 Å². The van der Waals surface area contributed by atoms with Crippen LogP contribution in [0.25, 0.3) is 54.2 Å². The Morgan fingerprint density at radius 3 is 0.821 bits per heavy atom. The van der Waals surface area contributed by atoms with Crippen molar-refractivity contribution in [1.82, 2.24) is 0 Å². The molecule has 0 aromatic heterocycles. The lowest BCUT2D eigenvalue weighted by atomic mass is 9.94. The zero-order valence-electron chi connectivity index (χ0n) is 31.5. The molecule has 0 aliphatic rings. The second-order valence-corrected chi connectivity index (χ2v) is 14.7. The monoisotopic (exact) mass is 716 g/mol. The molecule has 10 aromatic carbocycles. The predicted octanol–water partition coefficient (Wildman–Crippen LogP) is 15.5. The summed E-state index contributed by atoms with van der Waals surface area (Å²) in [4.78, 5) is 4.87. The molecule has 266 valence electrons. The fraction of sp³-hybridized carbons (Fsp3) is 0.0370. The number of nitrogens with zero attached hydrogens (tertiary/aromatic N) is 2. The Hall–Kier alpha value is -7.16. The summed E-state index contributed by atoms with van der Waals surface area (Å²) in [6.45, 7) is 4.49. The third-order valence-corrected chi connectivity index (χ3v) is 11.3. The van der Waals surface area contributed by atoms with E-state index in [1.54, 1.807) is 0 Å². The minimum Gasteiger partial charge on any atom is -0.309 e. The van der Waals surface area contributed by atoms with Crippen molar-refractivity contribution < 1.29 is 0 Å². The number of benzene rings is 10. The maximum atomic E-state index is 2.43. The molecule has 0 atom stereocenters. The summed E-state index contributed by atoms with van der Waals surface area (Å²) in [5.74, 6) is 0. The van der Waals surface area contributed by atoms with Crippen molar-refractivity contribution in [3.63, 3.8) is 0 Å². The molecule has 0 aliphatic carbocycles. The highest BCUT2D eigenvalue weighted by Gasteiger charge is 2.21. The SMILES string of the molecule is Cc1cc(N(c2cccc3ccccc23)c2cccc3ccccc23)ccc1-c1ccc(N(c2cccc3ccccc23)c2cccc3ccccc23)cc1C. The normalized spacial score (nSPS) is 11.4. The van der Waals surface area contributed by atoms with Gasteiger partial charge in [-0.05, 0) is 106 Å². The molecule has 0 saturated heterocycles. The van der Waals surface area contributed by atoms with E-state index in [9.17, 15) is 0 Å².